The van der Waals surface area contributed by atoms with Gasteiger partial charge >= 0.3 is 0 Å². The predicted molar refractivity (Wildman–Crippen MR) is 128 cm³/mol. The van der Waals surface area contributed by atoms with Crippen molar-refractivity contribution in [1.29, 1.82) is 0 Å². The van der Waals surface area contributed by atoms with Gasteiger partial charge in [-0.05, 0) is 67.5 Å². The van der Waals surface area contributed by atoms with Crippen molar-refractivity contribution in [1.82, 2.24) is 24.8 Å². The van der Waals surface area contributed by atoms with Crippen molar-refractivity contribution >= 4 is 27.0 Å². The van der Waals surface area contributed by atoms with E-state index in [0.29, 0.717) is 30.0 Å². The van der Waals surface area contributed by atoms with Gasteiger partial charge in [0.15, 0.2) is 6.61 Å². The Morgan fingerprint density at radius 2 is 2.03 bits per heavy atom. The van der Waals surface area contributed by atoms with Gasteiger partial charge in [0.05, 0.1) is 4.90 Å². The minimum atomic E-state index is -3.63. The highest BCUT2D eigenvalue weighted by Crippen LogP contribution is 2.25. The van der Waals surface area contributed by atoms with E-state index in [1.165, 1.54) is 22.0 Å². The summed E-state index contributed by atoms with van der Waals surface area (Å²) < 4.78 is 27.8. The van der Waals surface area contributed by atoms with Crippen LogP contribution in [0.2, 0.25) is 0 Å². The van der Waals surface area contributed by atoms with Gasteiger partial charge in [-0.1, -0.05) is 42.1 Å². The van der Waals surface area contributed by atoms with Crippen LogP contribution >= 0.6 is 0 Å². The van der Waals surface area contributed by atoms with E-state index in [9.17, 15) is 13.2 Å². The molecule has 2 atom stereocenters. The normalized spacial score (nSPS) is 18.0. The smallest absolute Gasteiger partial charge is 0.260 e. The van der Waals surface area contributed by atoms with Crippen molar-refractivity contribution in [2.45, 2.75) is 50.5 Å². The molecule has 9 nitrogen and oxygen atoms in total. The highest BCUT2D eigenvalue weighted by Gasteiger charge is 2.29. The lowest BCUT2D eigenvalue weighted by Crippen LogP contribution is -2.39. The number of aryl methyl sites for hydroxylation is 1. The third-order valence-electron chi connectivity index (χ3n) is 6.08. The summed E-state index contributed by atoms with van der Waals surface area (Å²) in [4.78, 5) is 19.2. The maximum Gasteiger partial charge on any atom is 0.260 e. The topological polar surface area (TPSA) is 106 Å². The van der Waals surface area contributed by atoms with Crippen LogP contribution in [0.5, 0.6) is 0 Å². The second-order valence-electron chi connectivity index (χ2n) is 8.99. The molecular formula is C24H31N5O4S. The molecule has 1 N–H and O–H groups in total. The number of sulfonamides is 1. The maximum absolute atomic E-state index is 13.1. The van der Waals surface area contributed by atoms with Crippen LogP contribution in [0, 0.1) is 5.92 Å². The Morgan fingerprint density at radius 3 is 2.79 bits per heavy atom. The lowest BCUT2D eigenvalue weighted by Gasteiger charge is -2.30. The minimum Gasteiger partial charge on any atom is -0.385 e. The van der Waals surface area contributed by atoms with E-state index < -0.39 is 10.0 Å². The third-order valence-corrected chi connectivity index (χ3v) is 7.94. The number of carbonyl (C=O) groups is 1. The van der Waals surface area contributed by atoms with Crippen LogP contribution in [-0.2, 0) is 21.2 Å². The van der Waals surface area contributed by atoms with Gasteiger partial charge in [-0.3, -0.25) is 4.79 Å². The zero-order valence-electron chi connectivity index (χ0n) is 19.6. The minimum absolute atomic E-state index is 0.0209. The Kier molecular flexibility index (Phi) is 7.47. The lowest BCUT2D eigenvalue weighted by molar-refractivity contribution is -0.126. The van der Waals surface area contributed by atoms with Crippen LogP contribution in [0.15, 0.2) is 53.4 Å². The zero-order chi connectivity index (χ0) is 24.1. The zero-order valence-corrected chi connectivity index (χ0v) is 20.4. The molecule has 1 aliphatic heterocycles. The van der Waals surface area contributed by atoms with Crippen molar-refractivity contribution in [2.24, 2.45) is 5.92 Å². The van der Waals surface area contributed by atoms with Crippen molar-refractivity contribution in [2.75, 3.05) is 19.7 Å². The van der Waals surface area contributed by atoms with E-state index in [4.69, 9.17) is 4.84 Å². The molecule has 10 heteroatoms. The fraction of sp³-hybridized carbons (Fsp3) is 0.458. The maximum atomic E-state index is 13.1. The number of nitrogens with zero attached hydrogens (tertiary/aromatic N) is 4. The van der Waals surface area contributed by atoms with E-state index in [-0.39, 0.29) is 23.5 Å². The van der Waals surface area contributed by atoms with Crippen LogP contribution < -0.4 is 10.2 Å². The Labute approximate surface area is 200 Å². The van der Waals surface area contributed by atoms with Crippen molar-refractivity contribution < 1.29 is 18.0 Å². The molecular weight excluding hydrogens is 454 g/mol. The highest BCUT2D eigenvalue weighted by molar-refractivity contribution is 7.89. The summed E-state index contributed by atoms with van der Waals surface area (Å²) in [6.07, 6.45) is 3.55. The molecule has 4 rings (SSSR count). The van der Waals surface area contributed by atoms with Gasteiger partial charge in [-0.15, -0.1) is 5.10 Å². The summed E-state index contributed by atoms with van der Waals surface area (Å²) in [5, 5.41) is 10.9. The van der Waals surface area contributed by atoms with Crippen molar-refractivity contribution in [3.05, 3.63) is 54.1 Å². The van der Waals surface area contributed by atoms with E-state index in [0.717, 1.165) is 30.5 Å². The molecule has 1 aromatic heterocycles. The number of carbonyl (C=O) groups excluding carboxylic acids is 1. The molecule has 0 unspecified atom stereocenters. The second kappa shape index (κ2) is 10.5. The molecule has 0 radical (unpaired) electrons. The highest BCUT2D eigenvalue weighted by atomic mass is 32.2. The molecule has 182 valence electrons. The first-order valence-corrected chi connectivity index (χ1v) is 13.1. The van der Waals surface area contributed by atoms with E-state index in [1.807, 2.05) is 25.1 Å². The van der Waals surface area contributed by atoms with Gasteiger partial charge in [-0.2, -0.15) is 4.31 Å². The lowest BCUT2D eigenvalue weighted by atomic mass is 10.0. The molecule has 1 amide bonds. The Bertz CT molecular complexity index is 1230. The second-order valence-corrected chi connectivity index (χ2v) is 10.9. The van der Waals surface area contributed by atoms with Gasteiger partial charge in [0.2, 0.25) is 10.0 Å². The summed E-state index contributed by atoms with van der Waals surface area (Å²) in [5.41, 5.74) is 2.11. The fourth-order valence-corrected chi connectivity index (χ4v) is 5.80. The summed E-state index contributed by atoms with van der Waals surface area (Å²) in [6.45, 7) is 4.78. The molecule has 2 heterocycles. The average Bonchev–Trinajstić information content (AvgIpc) is 3.24. The van der Waals surface area contributed by atoms with E-state index >= 15 is 0 Å². The standard InChI is InChI=1S/C24H31N5O4S/c1-18-7-6-14-28(16-18)34(31,32)21-12-13-22-23(15-21)29(27-26-22)33-17-24(30)25-19(2)10-11-20-8-4-3-5-9-20/h3-5,8-9,12-13,15,18-19H,6-7,10-11,14,16-17H2,1-2H3,(H,25,30)/t18-,19-/m0/s1. The predicted octanol–water partition coefficient (Wildman–Crippen LogP) is 2.42. The number of hydrogen-bond donors (Lipinski definition) is 1. The SMILES string of the molecule is C[C@H]1CCCN(S(=O)(=O)c2ccc3nnn(OCC(=O)N[C@@H](C)CCc4ccccc4)c3c2)C1. The van der Waals surface area contributed by atoms with Crippen LogP contribution in [0.25, 0.3) is 11.0 Å². The molecule has 0 spiro atoms. The van der Waals surface area contributed by atoms with E-state index in [1.54, 1.807) is 6.07 Å². The summed E-state index contributed by atoms with van der Waals surface area (Å²) in [5.74, 6) is 0.0478. The van der Waals surface area contributed by atoms with Crippen LogP contribution in [0.1, 0.15) is 38.7 Å². The first-order chi connectivity index (χ1) is 16.3. The quantitative estimate of drug-likeness (QED) is 0.499. The molecule has 1 fully saturated rings. The Morgan fingerprint density at radius 1 is 1.24 bits per heavy atom. The molecule has 0 aliphatic carbocycles. The van der Waals surface area contributed by atoms with Crippen molar-refractivity contribution in [3.8, 4) is 0 Å². The molecule has 2 aromatic carbocycles. The molecule has 1 saturated heterocycles. The largest absolute Gasteiger partial charge is 0.385 e. The number of fused-ring (bicyclic) bond motifs is 1. The number of amides is 1. The fourth-order valence-electron chi connectivity index (χ4n) is 4.18. The Balaban J connectivity index is 1.37. The molecule has 0 saturated carbocycles. The number of benzene rings is 2. The van der Waals surface area contributed by atoms with Gasteiger partial charge in [0, 0.05) is 19.1 Å². The molecule has 0 bridgehead atoms. The van der Waals surface area contributed by atoms with E-state index in [2.05, 4.69) is 34.7 Å². The summed E-state index contributed by atoms with van der Waals surface area (Å²) >= 11 is 0. The van der Waals surface area contributed by atoms with Crippen LogP contribution in [0.3, 0.4) is 0 Å². The molecule has 3 aromatic rings. The number of aromatic nitrogens is 3. The van der Waals surface area contributed by atoms with Gasteiger partial charge in [0.1, 0.15) is 11.0 Å². The third kappa shape index (κ3) is 5.74. The average molecular weight is 486 g/mol. The number of piperidine rings is 1. The molecule has 34 heavy (non-hydrogen) atoms. The summed E-state index contributed by atoms with van der Waals surface area (Å²) in [6, 6.07) is 14.7. The van der Waals surface area contributed by atoms with Crippen molar-refractivity contribution in [3.63, 3.8) is 0 Å². The van der Waals surface area contributed by atoms with Gasteiger partial charge in [0.25, 0.3) is 5.91 Å². The first kappa shape index (κ1) is 24.2. The first-order valence-electron chi connectivity index (χ1n) is 11.6. The monoisotopic (exact) mass is 485 g/mol. The number of nitrogens with one attached hydrogen (secondary N) is 1. The number of rotatable bonds is 9. The number of hydrogen-bond acceptors (Lipinski definition) is 6. The van der Waals surface area contributed by atoms with Crippen LogP contribution in [-0.4, -0.2) is 59.5 Å². The molecule has 1 aliphatic rings. The van der Waals surface area contributed by atoms with Crippen LogP contribution in [0.4, 0.5) is 0 Å². The summed E-state index contributed by atoms with van der Waals surface area (Å²) in [7, 11) is -3.63. The van der Waals surface area contributed by atoms with Gasteiger partial charge < -0.3 is 10.2 Å². The Hall–Kier alpha value is -2.98. The van der Waals surface area contributed by atoms with Gasteiger partial charge in [-0.25, -0.2) is 8.42 Å².